The smallest absolute Gasteiger partial charge is 0.312 e. The molecule has 2 aromatic carbocycles. The summed E-state index contributed by atoms with van der Waals surface area (Å²) < 4.78 is 11.5. The van der Waals surface area contributed by atoms with Crippen LogP contribution in [-0.4, -0.2) is 19.2 Å². The highest BCUT2D eigenvalue weighted by Crippen LogP contribution is 2.44. The summed E-state index contributed by atoms with van der Waals surface area (Å²) in [6, 6.07) is 17.4. The van der Waals surface area contributed by atoms with Gasteiger partial charge in [0.2, 0.25) is 0 Å². The highest BCUT2D eigenvalue weighted by Gasteiger charge is 2.44. The summed E-state index contributed by atoms with van der Waals surface area (Å²) in [6.07, 6.45) is 5.52. The van der Waals surface area contributed by atoms with Gasteiger partial charge in [-0.1, -0.05) is 84.2 Å². The Morgan fingerprint density at radius 1 is 0.972 bits per heavy atom. The standard InChI is InChI=1S/C29H39NO3.C3H6/c1-7-25(8-2)29(6,21-28(4,5)9-3)27(31)33-19-18-32-26-16-14-24(15-17-26)23-12-10-22(20-30)11-13-23;1-3-2/h10-17,25H,7-9,18-19,21H2,1-6H3;3H,1H2,2H3. The minimum atomic E-state index is -0.494. The summed E-state index contributed by atoms with van der Waals surface area (Å²) in [5.74, 6) is 0.919. The van der Waals surface area contributed by atoms with Crippen LogP contribution < -0.4 is 4.74 Å². The molecule has 2 aromatic rings. The molecule has 196 valence electrons. The molecule has 4 heteroatoms. The van der Waals surface area contributed by atoms with Crippen molar-refractivity contribution in [3.63, 3.8) is 0 Å². The second-order valence-electron chi connectivity index (χ2n) is 10.2. The number of hydrogen-bond acceptors (Lipinski definition) is 4. The first-order valence-corrected chi connectivity index (χ1v) is 13.1. The van der Waals surface area contributed by atoms with Crippen LogP contribution in [0.2, 0.25) is 0 Å². The lowest BCUT2D eigenvalue weighted by Crippen LogP contribution is -2.41. The van der Waals surface area contributed by atoms with Crippen LogP contribution in [0.15, 0.2) is 61.2 Å². The Balaban J connectivity index is 0.00000205. The van der Waals surface area contributed by atoms with Gasteiger partial charge in [-0.25, -0.2) is 0 Å². The van der Waals surface area contributed by atoms with Crippen molar-refractivity contribution < 1.29 is 14.3 Å². The number of carbonyl (C=O) groups excluding carboxylic acids is 1. The van der Waals surface area contributed by atoms with Crippen LogP contribution in [0.4, 0.5) is 0 Å². The maximum atomic E-state index is 13.2. The molecule has 0 saturated heterocycles. The molecule has 1 unspecified atom stereocenters. The van der Waals surface area contributed by atoms with E-state index in [1.54, 1.807) is 6.08 Å². The second-order valence-corrected chi connectivity index (χ2v) is 10.2. The monoisotopic (exact) mass is 491 g/mol. The predicted octanol–water partition coefficient (Wildman–Crippen LogP) is 8.61. The zero-order chi connectivity index (χ0) is 27.2. The number of nitrogens with zero attached hydrogens (tertiary/aromatic N) is 1. The van der Waals surface area contributed by atoms with Crippen LogP contribution in [0.1, 0.15) is 79.7 Å². The molecule has 0 heterocycles. The largest absolute Gasteiger partial charge is 0.490 e. The van der Waals surface area contributed by atoms with E-state index in [1.807, 2.05) is 55.5 Å². The summed E-state index contributed by atoms with van der Waals surface area (Å²) in [5, 5.41) is 8.93. The van der Waals surface area contributed by atoms with Crippen molar-refractivity contribution >= 4 is 5.97 Å². The number of nitriles is 1. The highest BCUT2D eigenvalue weighted by molar-refractivity contribution is 5.77. The lowest BCUT2D eigenvalue weighted by atomic mass is 9.64. The van der Waals surface area contributed by atoms with Gasteiger partial charge in [0.15, 0.2) is 0 Å². The van der Waals surface area contributed by atoms with Gasteiger partial charge in [0.1, 0.15) is 19.0 Å². The maximum Gasteiger partial charge on any atom is 0.312 e. The molecular weight excluding hydrogens is 446 g/mol. The highest BCUT2D eigenvalue weighted by atomic mass is 16.6. The van der Waals surface area contributed by atoms with Crippen molar-refractivity contribution in [2.24, 2.45) is 16.7 Å². The van der Waals surface area contributed by atoms with Gasteiger partial charge in [0.05, 0.1) is 17.0 Å². The molecule has 0 saturated carbocycles. The van der Waals surface area contributed by atoms with Crippen molar-refractivity contribution in [3.05, 3.63) is 66.7 Å². The van der Waals surface area contributed by atoms with Crippen molar-refractivity contribution in [1.82, 2.24) is 0 Å². The summed E-state index contributed by atoms with van der Waals surface area (Å²) in [5.41, 5.74) is 2.34. The molecule has 0 radical (unpaired) electrons. The molecule has 0 aliphatic heterocycles. The zero-order valence-electron chi connectivity index (χ0n) is 23.4. The Kier molecular flexibility index (Phi) is 13.0. The Morgan fingerprint density at radius 3 is 1.92 bits per heavy atom. The quantitative estimate of drug-likeness (QED) is 0.169. The van der Waals surface area contributed by atoms with Gasteiger partial charge < -0.3 is 9.47 Å². The van der Waals surface area contributed by atoms with Crippen LogP contribution in [0.3, 0.4) is 0 Å². The van der Waals surface area contributed by atoms with Crippen molar-refractivity contribution in [2.75, 3.05) is 13.2 Å². The number of allylic oxidation sites excluding steroid dienone is 1. The Labute approximate surface area is 219 Å². The van der Waals surface area contributed by atoms with Gasteiger partial charge in [0.25, 0.3) is 0 Å². The maximum absolute atomic E-state index is 13.2. The fourth-order valence-electron chi connectivity index (χ4n) is 4.63. The molecule has 2 rings (SSSR count). The summed E-state index contributed by atoms with van der Waals surface area (Å²) in [6.45, 7) is 18.8. The molecular formula is C32H45NO3. The van der Waals surface area contributed by atoms with E-state index in [4.69, 9.17) is 14.7 Å². The molecule has 0 fully saturated rings. The van der Waals surface area contributed by atoms with E-state index in [0.29, 0.717) is 18.1 Å². The summed E-state index contributed by atoms with van der Waals surface area (Å²) >= 11 is 0. The Morgan fingerprint density at radius 2 is 1.47 bits per heavy atom. The number of esters is 1. The number of rotatable bonds is 12. The second kappa shape index (κ2) is 15.1. The third-order valence-electron chi connectivity index (χ3n) is 6.94. The fourth-order valence-corrected chi connectivity index (χ4v) is 4.63. The Hall–Kier alpha value is -3.06. The average Bonchev–Trinajstić information content (AvgIpc) is 2.87. The van der Waals surface area contributed by atoms with Gasteiger partial charge in [-0.2, -0.15) is 5.26 Å². The predicted molar refractivity (Wildman–Crippen MR) is 150 cm³/mol. The van der Waals surface area contributed by atoms with Gasteiger partial charge >= 0.3 is 5.97 Å². The van der Waals surface area contributed by atoms with E-state index in [-0.39, 0.29) is 18.0 Å². The SMILES string of the molecule is C=CC.CCC(CC)C(C)(CC(C)(C)CC)C(=O)OCCOc1ccc(-c2ccc(C#N)cc2)cc1. The molecule has 36 heavy (non-hydrogen) atoms. The Bertz CT molecular complexity index is 966. The lowest BCUT2D eigenvalue weighted by Gasteiger charge is -2.40. The molecule has 0 amide bonds. The van der Waals surface area contributed by atoms with Crippen LogP contribution in [0, 0.1) is 28.1 Å². The van der Waals surface area contributed by atoms with Crippen LogP contribution in [0.5, 0.6) is 5.75 Å². The molecule has 0 spiro atoms. The number of hydrogen-bond donors (Lipinski definition) is 0. The number of benzene rings is 2. The average molecular weight is 492 g/mol. The number of carbonyl (C=O) groups is 1. The minimum absolute atomic E-state index is 0.0868. The summed E-state index contributed by atoms with van der Waals surface area (Å²) in [7, 11) is 0. The number of ether oxygens (including phenoxy) is 2. The third kappa shape index (κ3) is 9.19. The van der Waals surface area contributed by atoms with Gasteiger partial charge in [-0.3, -0.25) is 4.79 Å². The first-order chi connectivity index (χ1) is 17.1. The first-order valence-electron chi connectivity index (χ1n) is 13.1. The molecule has 0 aliphatic rings. The lowest BCUT2D eigenvalue weighted by molar-refractivity contribution is -0.162. The topological polar surface area (TPSA) is 59.3 Å². The van der Waals surface area contributed by atoms with Crippen molar-refractivity contribution in [1.29, 1.82) is 5.26 Å². The minimum Gasteiger partial charge on any atom is -0.490 e. The van der Waals surface area contributed by atoms with Gasteiger partial charge in [-0.15, -0.1) is 6.58 Å². The van der Waals surface area contributed by atoms with E-state index < -0.39 is 5.41 Å². The van der Waals surface area contributed by atoms with E-state index in [1.165, 1.54) is 0 Å². The fraction of sp³-hybridized carbons (Fsp3) is 0.500. The summed E-state index contributed by atoms with van der Waals surface area (Å²) in [4.78, 5) is 13.2. The normalized spacial score (nSPS) is 12.5. The molecule has 1 atom stereocenters. The third-order valence-corrected chi connectivity index (χ3v) is 6.94. The van der Waals surface area contributed by atoms with Crippen LogP contribution in [0.25, 0.3) is 11.1 Å². The zero-order valence-corrected chi connectivity index (χ0v) is 23.4. The molecule has 0 N–H and O–H groups in total. The van der Waals surface area contributed by atoms with Crippen molar-refractivity contribution in [3.8, 4) is 22.9 Å². The molecule has 0 aliphatic carbocycles. The van der Waals surface area contributed by atoms with E-state index in [9.17, 15) is 4.79 Å². The molecule has 0 aromatic heterocycles. The van der Waals surface area contributed by atoms with Gasteiger partial charge in [0, 0.05) is 0 Å². The van der Waals surface area contributed by atoms with E-state index >= 15 is 0 Å². The van der Waals surface area contributed by atoms with Gasteiger partial charge in [-0.05, 0) is 67.0 Å². The molecule has 4 nitrogen and oxygen atoms in total. The molecule has 0 bridgehead atoms. The van der Waals surface area contributed by atoms with Crippen LogP contribution >= 0.6 is 0 Å². The van der Waals surface area contributed by atoms with E-state index in [0.717, 1.165) is 42.6 Å². The first kappa shape index (κ1) is 31.0. The van der Waals surface area contributed by atoms with E-state index in [2.05, 4.69) is 54.2 Å². The van der Waals surface area contributed by atoms with Crippen LogP contribution in [-0.2, 0) is 9.53 Å². The van der Waals surface area contributed by atoms with Crippen molar-refractivity contribution in [2.45, 2.75) is 74.1 Å².